The van der Waals surface area contributed by atoms with Crippen LogP contribution in [0.4, 0.5) is 0 Å². The molecule has 0 unspecified atom stereocenters. The van der Waals surface area contributed by atoms with Crippen LogP contribution in [0.3, 0.4) is 0 Å². The van der Waals surface area contributed by atoms with Crippen molar-refractivity contribution in [1.29, 1.82) is 0 Å². The molecule has 3 saturated carbocycles. The molecule has 7 heteroatoms. The first-order chi connectivity index (χ1) is 19.9. The minimum Gasteiger partial charge on any atom is -0.394 e. The highest BCUT2D eigenvalue weighted by atomic mass is 16.7. The second kappa shape index (κ2) is 12.8. The zero-order valence-electron chi connectivity index (χ0n) is 27.0. The molecule has 1 heterocycles. The van der Waals surface area contributed by atoms with Gasteiger partial charge in [-0.15, -0.1) is 0 Å². The number of fused-ring (bicyclic) bond motifs is 5. The van der Waals surface area contributed by atoms with Crippen molar-refractivity contribution in [3.05, 3.63) is 12.2 Å². The average molecular weight is 590 g/mol. The van der Waals surface area contributed by atoms with E-state index < -0.39 is 37.3 Å². The van der Waals surface area contributed by atoms with Crippen molar-refractivity contribution in [3.63, 3.8) is 0 Å². The highest BCUT2D eigenvalue weighted by Crippen LogP contribution is 2.67. The van der Waals surface area contributed by atoms with Crippen molar-refractivity contribution in [2.45, 2.75) is 142 Å². The summed E-state index contributed by atoms with van der Waals surface area (Å²) in [6.45, 7) is 13.3. The van der Waals surface area contributed by atoms with Gasteiger partial charge in [0.15, 0.2) is 6.29 Å². The van der Waals surface area contributed by atoms with Gasteiger partial charge < -0.3 is 30.1 Å². The zero-order chi connectivity index (χ0) is 30.4. The standard InChI is InChI=1S/C35H59NO6/c1-20(2)8-7-9-21(3)26-12-13-27-25-11-10-23-18-24(14-16-34(23,5)28(25)15-17-35(26,27)6)41-33-30(36-22(4)38)32(40)31(39)29(19-37)42-33/h10-11,20-21,23-33,37,39-40H,7-9,12-19H2,1-6H3,(H,36,38)/t21-,23-,24+,25-,26+,27-,28-,29+,30+,31+,32+,33+,34-,35+/m0/s1. The van der Waals surface area contributed by atoms with Crippen LogP contribution in [-0.2, 0) is 14.3 Å². The van der Waals surface area contributed by atoms with Crippen molar-refractivity contribution in [1.82, 2.24) is 5.32 Å². The summed E-state index contributed by atoms with van der Waals surface area (Å²) >= 11 is 0. The highest BCUT2D eigenvalue weighted by Gasteiger charge is 2.60. The summed E-state index contributed by atoms with van der Waals surface area (Å²) in [4.78, 5) is 11.9. The summed E-state index contributed by atoms with van der Waals surface area (Å²) in [7, 11) is 0. The van der Waals surface area contributed by atoms with Gasteiger partial charge in [-0.1, -0.05) is 66.0 Å². The molecule has 0 aromatic heterocycles. The molecule has 4 fully saturated rings. The Labute approximate surface area is 254 Å². The molecule has 7 nitrogen and oxygen atoms in total. The Morgan fingerprint density at radius 3 is 2.40 bits per heavy atom. The third-order valence-electron chi connectivity index (χ3n) is 12.9. The maximum atomic E-state index is 11.9. The van der Waals surface area contributed by atoms with Gasteiger partial charge in [-0.05, 0) is 97.2 Å². The van der Waals surface area contributed by atoms with Crippen molar-refractivity contribution in [2.24, 2.45) is 52.3 Å². The Morgan fingerprint density at radius 1 is 1.00 bits per heavy atom. The average Bonchev–Trinajstić information content (AvgIpc) is 3.29. The Kier molecular flexibility index (Phi) is 9.86. The number of carbonyl (C=O) groups excluding carboxylic acids is 1. The van der Waals surface area contributed by atoms with Crippen LogP contribution in [-0.4, -0.2) is 64.6 Å². The molecule has 0 radical (unpaired) electrons. The van der Waals surface area contributed by atoms with Crippen LogP contribution >= 0.6 is 0 Å². The summed E-state index contributed by atoms with van der Waals surface area (Å²) in [6, 6.07) is -0.890. The van der Waals surface area contributed by atoms with Crippen molar-refractivity contribution >= 4 is 5.91 Å². The lowest BCUT2D eigenvalue weighted by atomic mass is 9.46. The largest absolute Gasteiger partial charge is 0.394 e. The van der Waals surface area contributed by atoms with E-state index in [4.69, 9.17) is 9.47 Å². The third-order valence-corrected chi connectivity index (χ3v) is 12.9. The molecule has 1 aliphatic heterocycles. The van der Waals surface area contributed by atoms with E-state index in [9.17, 15) is 20.1 Å². The summed E-state index contributed by atoms with van der Waals surface area (Å²) < 4.78 is 12.3. The molecule has 0 spiro atoms. The molecule has 1 saturated heterocycles. The van der Waals surface area contributed by atoms with E-state index in [2.05, 4.69) is 52.1 Å². The van der Waals surface area contributed by atoms with Gasteiger partial charge in [-0.3, -0.25) is 4.79 Å². The molecule has 5 aliphatic rings. The molecule has 5 rings (SSSR count). The van der Waals surface area contributed by atoms with Gasteiger partial charge in [0.1, 0.15) is 24.4 Å². The molecular weight excluding hydrogens is 530 g/mol. The van der Waals surface area contributed by atoms with Gasteiger partial charge in [0.2, 0.25) is 5.91 Å². The fourth-order valence-corrected chi connectivity index (χ4v) is 10.5. The Morgan fingerprint density at radius 2 is 1.71 bits per heavy atom. The molecule has 4 N–H and O–H groups in total. The number of carbonyl (C=O) groups is 1. The number of ether oxygens (including phenoxy) is 2. The molecule has 0 bridgehead atoms. The number of hydrogen-bond acceptors (Lipinski definition) is 6. The predicted molar refractivity (Wildman–Crippen MR) is 163 cm³/mol. The topological polar surface area (TPSA) is 108 Å². The Hall–Kier alpha value is -0.990. The fraction of sp³-hybridized carbons (Fsp3) is 0.914. The van der Waals surface area contributed by atoms with Gasteiger partial charge >= 0.3 is 0 Å². The van der Waals surface area contributed by atoms with Crippen molar-refractivity contribution in [2.75, 3.05) is 6.61 Å². The SMILES string of the molecule is CC(=O)N[C@H]1[C@H](O[C@@H]2CC[C@@]3(C)[C@@H](C=C[C@@H]4[C@@H]3CC[C@]3(C)[C@@H]([C@@H](C)CCCC(C)C)CC[C@@H]43)C2)O[C@H](CO)[C@@H](O)[C@@H]1O. The second-order valence-electron chi connectivity index (χ2n) is 15.8. The summed E-state index contributed by atoms with van der Waals surface area (Å²) in [5, 5.41) is 33.5. The van der Waals surface area contributed by atoms with Crippen LogP contribution in [0.15, 0.2) is 12.2 Å². The van der Waals surface area contributed by atoms with E-state index >= 15 is 0 Å². The van der Waals surface area contributed by atoms with E-state index in [0.717, 1.165) is 42.9 Å². The summed E-state index contributed by atoms with van der Waals surface area (Å²) in [5.41, 5.74) is 0.702. The normalized spacial score (nSPS) is 47.4. The minimum absolute atomic E-state index is 0.0799. The first-order valence-electron chi connectivity index (χ1n) is 17.1. The molecule has 0 aromatic rings. The van der Waals surface area contributed by atoms with Crippen molar-refractivity contribution in [3.8, 4) is 0 Å². The fourth-order valence-electron chi connectivity index (χ4n) is 10.5. The molecule has 1 amide bonds. The molecular formula is C35H59NO6. The monoisotopic (exact) mass is 589 g/mol. The van der Waals surface area contributed by atoms with Crippen LogP contribution in [0, 0.1) is 52.3 Å². The van der Waals surface area contributed by atoms with Crippen LogP contribution in [0.2, 0.25) is 0 Å². The first kappa shape index (κ1) is 32.4. The van der Waals surface area contributed by atoms with E-state index in [1.54, 1.807) is 0 Å². The quantitative estimate of drug-likeness (QED) is 0.275. The number of amides is 1. The van der Waals surface area contributed by atoms with E-state index in [0.29, 0.717) is 23.2 Å². The Balaban J connectivity index is 1.26. The van der Waals surface area contributed by atoms with E-state index in [-0.39, 0.29) is 17.4 Å². The smallest absolute Gasteiger partial charge is 0.217 e. The Bertz CT molecular complexity index is 971. The lowest BCUT2D eigenvalue weighted by Crippen LogP contribution is -2.65. The minimum atomic E-state index is -1.30. The zero-order valence-corrected chi connectivity index (χ0v) is 27.0. The highest BCUT2D eigenvalue weighted by molar-refractivity contribution is 5.73. The number of aliphatic hydroxyl groups excluding tert-OH is 3. The number of allylic oxidation sites excluding steroid dienone is 2. The molecule has 240 valence electrons. The van der Waals surface area contributed by atoms with Crippen LogP contribution in [0.25, 0.3) is 0 Å². The van der Waals surface area contributed by atoms with Gasteiger partial charge in [-0.2, -0.15) is 0 Å². The van der Waals surface area contributed by atoms with Gasteiger partial charge in [0.25, 0.3) is 0 Å². The number of nitrogens with one attached hydrogen (secondary N) is 1. The maximum absolute atomic E-state index is 11.9. The first-order valence-corrected chi connectivity index (χ1v) is 17.1. The number of aliphatic hydroxyl groups is 3. The van der Waals surface area contributed by atoms with Crippen LogP contribution in [0.1, 0.15) is 106 Å². The van der Waals surface area contributed by atoms with E-state index in [1.807, 2.05) is 0 Å². The second-order valence-corrected chi connectivity index (χ2v) is 15.8. The third kappa shape index (κ3) is 5.99. The molecule has 0 aromatic carbocycles. The lowest BCUT2D eigenvalue weighted by Gasteiger charge is -2.59. The number of hydrogen-bond donors (Lipinski definition) is 4. The van der Waals surface area contributed by atoms with Gasteiger partial charge in [-0.25, -0.2) is 0 Å². The maximum Gasteiger partial charge on any atom is 0.217 e. The van der Waals surface area contributed by atoms with E-state index in [1.165, 1.54) is 51.9 Å². The summed E-state index contributed by atoms with van der Waals surface area (Å²) in [5.74, 6) is 4.71. The van der Waals surface area contributed by atoms with Gasteiger partial charge in [0.05, 0.1) is 12.7 Å². The van der Waals surface area contributed by atoms with Crippen LogP contribution in [0.5, 0.6) is 0 Å². The van der Waals surface area contributed by atoms with Crippen molar-refractivity contribution < 1.29 is 29.6 Å². The summed E-state index contributed by atoms with van der Waals surface area (Å²) in [6.07, 6.45) is 12.9. The lowest BCUT2D eigenvalue weighted by molar-refractivity contribution is -0.287. The predicted octanol–water partition coefficient (Wildman–Crippen LogP) is 5.21. The number of rotatable bonds is 9. The molecule has 14 atom stereocenters. The molecule has 42 heavy (non-hydrogen) atoms. The van der Waals surface area contributed by atoms with Crippen LogP contribution < -0.4 is 5.32 Å². The molecule has 4 aliphatic carbocycles. The van der Waals surface area contributed by atoms with Gasteiger partial charge in [0, 0.05) is 6.92 Å².